The molecule has 0 aliphatic carbocycles. The van der Waals surface area contributed by atoms with E-state index in [-0.39, 0.29) is 30.2 Å². The van der Waals surface area contributed by atoms with E-state index >= 15 is 4.39 Å². The van der Waals surface area contributed by atoms with Crippen LogP contribution in [0.2, 0.25) is 0 Å². The monoisotopic (exact) mass is 489 g/mol. The molecule has 4 rings (SSSR count). The third kappa shape index (κ3) is 4.34. The first-order valence-electron chi connectivity index (χ1n) is 10.3. The Morgan fingerprint density at radius 1 is 1.45 bits per heavy atom. The van der Waals surface area contributed by atoms with E-state index < -0.39 is 44.2 Å². The number of halogens is 1. The van der Waals surface area contributed by atoms with Crippen molar-refractivity contribution in [1.82, 2.24) is 24.6 Å². The number of nitrogens with zero attached hydrogens (tertiary/aromatic N) is 4. The fraction of sp³-hybridized carbons (Fsp3) is 0.667. The van der Waals surface area contributed by atoms with E-state index in [1.165, 1.54) is 31.9 Å². The first-order valence-corrected chi connectivity index (χ1v) is 11.8. The SMILES string of the molecule is COC(=O)C(C)N[P@@]1(O)OC[C@H]2O[C@@H](n3cnc4c(OC(C)C)nc(N)nc43)[C@](C)(F)[C@@H]2O1. The third-order valence-electron chi connectivity index (χ3n) is 5.27. The smallest absolute Gasteiger partial charge is 0.323 e. The average molecular weight is 489 g/mol. The van der Waals surface area contributed by atoms with E-state index in [1.54, 1.807) is 0 Å². The molecule has 0 amide bonds. The Kier molecular flexibility index (Phi) is 6.18. The topological polar surface area (TPSA) is 165 Å². The zero-order valence-corrected chi connectivity index (χ0v) is 19.7. The van der Waals surface area contributed by atoms with Crippen molar-refractivity contribution >= 4 is 31.2 Å². The van der Waals surface area contributed by atoms with Gasteiger partial charge in [-0.15, -0.1) is 0 Å². The van der Waals surface area contributed by atoms with E-state index in [0.29, 0.717) is 5.52 Å². The van der Waals surface area contributed by atoms with Gasteiger partial charge in [0.2, 0.25) is 11.8 Å². The molecular weight excluding hydrogens is 462 g/mol. The number of ether oxygens (including phenoxy) is 3. The molecule has 4 N–H and O–H groups in total. The molecule has 0 aromatic carbocycles. The highest BCUT2D eigenvalue weighted by molar-refractivity contribution is 7.58. The minimum Gasteiger partial charge on any atom is -0.473 e. The van der Waals surface area contributed by atoms with Crippen LogP contribution in [0.3, 0.4) is 0 Å². The zero-order chi connectivity index (χ0) is 24.1. The van der Waals surface area contributed by atoms with Gasteiger partial charge in [0.05, 0.1) is 26.1 Å². The van der Waals surface area contributed by atoms with Crippen molar-refractivity contribution < 1.29 is 37.3 Å². The molecule has 1 radical (unpaired) electrons. The van der Waals surface area contributed by atoms with Crippen molar-refractivity contribution in [3.63, 3.8) is 0 Å². The number of nitrogen functional groups attached to an aromatic ring is 1. The number of fused-ring (bicyclic) bond motifs is 2. The summed E-state index contributed by atoms with van der Waals surface area (Å²) in [5, 5.41) is 2.56. The van der Waals surface area contributed by atoms with Crippen LogP contribution in [0.25, 0.3) is 11.2 Å². The molecule has 2 aliphatic rings. The van der Waals surface area contributed by atoms with Crippen LogP contribution in [0, 0.1) is 0 Å². The van der Waals surface area contributed by atoms with Gasteiger partial charge in [-0.3, -0.25) is 13.9 Å². The van der Waals surface area contributed by atoms with Gasteiger partial charge in [0.1, 0.15) is 18.2 Å². The van der Waals surface area contributed by atoms with E-state index in [0.717, 1.165) is 0 Å². The molecule has 6 atom stereocenters. The quantitative estimate of drug-likeness (QED) is 0.391. The Labute approximate surface area is 189 Å². The summed E-state index contributed by atoms with van der Waals surface area (Å²) in [5.41, 5.74) is 4.19. The molecule has 2 fully saturated rings. The van der Waals surface area contributed by atoms with Gasteiger partial charge >= 0.3 is 14.1 Å². The van der Waals surface area contributed by atoms with Gasteiger partial charge in [0.15, 0.2) is 23.1 Å². The summed E-state index contributed by atoms with van der Waals surface area (Å²) >= 11 is 0. The van der Waals surface area contributed by atoms with Crippen LogP contribution in [0.15, 0.2) is 6.33 Å². The molecule has 15 heteroatoms. The summed E-state index contributed by atoms with van der Waals surface area (Å²) in [6.07, 6.45) is -2.13. The molecule has 2 aromatic heterocycles. The van der Waals surface area contributed by atoms with Crippen LogP contribution in [0.4, 0.5) is 10.3 Å². The lowest BCUT2D eigenvalue weighted by Gasteiger charge is -2.41. The third-order valence-corrected chi connectivity index (χ3v) is 6.99. The molecule has 2 aromatic rings. The van der Waals surface area contributed by atoms with E-state index in [2.05, 4.69) is 24.8 Å². The molecular formula is C18H27FN6O7P. The Hall–Kier alpha value is -2.22. The standard InChI is InChI=1S/C18H27FN6O7P/c1-8(2)30-14-11-13(22-17(20)23-14)25(7-21-11)16-18(4,19)12-10(31-16)6-29-33(27,32-12)24-9(3)15(26)28-5/h7-10,12,16,24,27H,6H2,1-5H3,(H2,20,22,23)/t9?,10-,12-,16-,18-/m1/s1. The van der Waals surface area contributed by atoms with Crippen LogP contribution in [0.5, 0.6) is 5.88 Å². The number of methoxy groups -OCH3 is 1. The molecule has 0 bridgehead atoms. The predicted molar refractivity (Wildman–Crippen MR) is 113 cm³/mol. The first kappa shape index (κ1) is 23.9. The minimum atomic E-state index is -3.78. The molecule has 4 heterocycles. The number of hydrogen-bond acceptors (Lipinski definition) is 12. The summed E-state index contributed by atoms with van der Waals surface area (Å²) in [6, 6.07) is -0.939. The fourth-order valence-electron chi connectivity index (χ4n) is 3.79. The lowest BCUT2D eigenvalue weighted by Crippen LogP contribution is -2.49. The molecule has 2 saturated heterocycles. The van der Waals surface area contributed by atoms with Gasteiger partial charge in [-0.1, -0.05) is 0 Å². The average Bonchev–Trinajstić information content (AvgIpc) is 3.25. The van der Waals surface area contributed by atoms with Crippen LogP contribution in [-0.4, -0.2) is 74.1 Å². The lowest BCUT2D eigenvalue weighted by atomic mass is 9.98. The number of carbonyl (C=O) groups excluding carboxylic acids is 1. The number of rotatable bonds is 6. The van der Waals surface area contributed by atoms with Crippen LogP contribution in [-0.2, 0) is 23.3 Å². The maximum Gasteiger partial charge on any atom is 0.323 e. The number of carbonyl (C=O) groups is 1. The molecule has 0 saturated carbocycles. The number of alkyl halides is 1. The number of hydrogen-bond donors (Lipinski definition) is 3. The number of nitrogens with two attached hydrogens (primary N) is 1. The van der Waals surface area contributed by atoms with E-state index in [1.807, 2.05) is 13.8 Å². The summed E-state index contributed by atoms with van der Waals surface area (Å²) in [7, 11) is -2.57. The zero-order valence-electron chi connectivity index (χ0n) is 18.8. The van der Waals surface area contributed by atoms with Gasteiger partial charge in [-0.25, -0.2) is 14.5 Å². The predicted octanol–water partition coefficient (Wildman–Crippen LogP) is 1.06. The number of imidazole rings is 1. The van der Waals surface area contributed by atoms with Crippen molar-refractivity contribution in [2.75, 3.05) is 19.5 Å². The highest BCUT2D eigenvalue weighted by Gasteiger charge is 2.62. The molecule has 13 nitrogen and oxygen atoms in total. The Morgan fingerprint density at radius 2 is 2.18 bits per heavy atom. The van der Waals surface area contributed by atoms with Crippen LogP contribution >= 0.6 is 8.09 Å². The number of anilines is 1. The number of esters is 1. The first-order chi connectivity index (χ1) is 15.4. The van der Waals surface area contributed by atoms with Crippen molar-refractivity contribution in [2.45, 2.75) is 63.9 Å². The highest BCUT2D eigenvalue weighted by Crippen LogP contribution is 2.62. The minimum absolute atomic E-state index is 0.0724. The van der Waals surface area contributed by atoms with Crippen molar-refractivity contribution in [2.24, 2.45) is 0 Å². The maximum atomic E-state index is 16.1. The van der Waals surface area contributed by atoms with Gasteiger partial charge in [0.25, 0.3) is 0 Å². The van der Waals surface area contributed by atoms with Crippen LogP contribution in [0.1, 0.15) is 33.9 Å². The maximum absolute atomic E-state index is 16.1. The van der Waals surface area contributed by atoms with Crippen molar-refractivity contribution in [1.29, 1.82) is 0 Å². The molecule has 1 unspecified atom stereocenters. The van der Waals surface area contributed by atoms with Gasteiger partial charge in [0, 0.05) is 0 Å². The van der Waals surface area contributed by atoms with Gasteiger partial charge < -0.3 is 29.4 Å². The Balaban J connectivity index is 1.63. The van der Waals surface area contributed by atoms with Crippen molar-refractivity contribution in [3.05, 3.63) is 6.33 Å². The Morgan fingerprint density at radius 3 is 2.85 bits per heavy atom. The fourth-order valence-corrected chi connectivity index (χ4v) is 5.58. The van der Waals surface area contributed by atoms with Gasteiger partial charge in [-0.2, -0.15) is 9.97 Å². The summed E-state index contributed by atoms with van der Waals surface area (Å²) < 4.78 is 44.8. The molecule has 2 aliphatic heterocycles. The van der Waals surface area contributed by atoms with Gasteiger partial charge in [-0.05, 0) is 27.7 Å². The van der Waals surface area contributed by atoms with Crippen LogP contribution < -0.4 is 15.6 Å². The summed E-state index contributed by atoms with van der Waals surface area (Å²) in [5.74, 6) is -0.539. The number of aromatic nitrogens is 4. The second kappa shape index (κ2) is 8.53. The highest BCUT2D eigenvalue weighted by atomic mass is 31.2. The van der Waals surface area contributed by atoms with Crippen molar-refractivity contribution in [3.8, 4) is 5.88 Å². The second-order valence-electron chi connectivity index (χ2n) is 8.27. The lowest BCUT2D eigenvalue weighted by molar-refractivity contribution is -0.142. The molecule has 33 heavy (non-hydrogen) atoms. The molecule has 0 spiro atoms. The number of nitrogens with one attached hydrogen (secondary N) is 1. The second-order valence-corrected chi connectivity index (χ2v) is 10.0. The molecule has 183 valence electrons. The summed E-state index contributed by atoms with van der Waals surface area (Å²) in [6.45, 7) is 6.22. The normalized spacial score (nSPS) is 32.7. The van der Waals surface area contributed by atoms with E-state index in [9.17, 15) is 9.69 Å². The Bertz CT molecular complexity index is 1050. The summed E-state index contributed by atoms with van der Waals surface area (Å²) in [4.78, 5) is 35.0. The van der Waals surface area contributed by atoms with E-state index in [4.69, 9.17) is 24.3 Å². The largest absolute Gasteiger partial charge is 0.473 e.